The van der Waals surface area contributed by atoms with Crippen molar-refractivity contribution in [3.8, 4) is 0 Å². The molecule has 0 saturated carbocycles. The van der Waals surface area contributed by atoms with Gasteiger partial charge in [0.1, 0.15) is 12.1 Å². The average Bonchev–Trinajstić information content (AvgIpc) is 2.58. The van der Waals surface area contributed by atoms with E-state index in [0.717, 1.165) is 19.1 Å². The summed E-state index contributed by atoms with van der Waals surface area (Å²) in [5.41, 5.74) is -0.480. The first kappa shape index (κ1) is 24.3. The molecule has 2 heteroatoms. The molecule has 0 aromatic carbocycles. The minimum atomic E-state index is -0.480. The Morgan fingerprint density at radius 3 is 1.40 bits per heavy atom. The summed E-state index contributed by atoms with van der Waals surface area (Å²) in [7, 11) is 0. The third-order valence-electron chi connectivity index (χ3n) is 5.03. The molecule has 0 radical (unpaired) electrons. The van der Waals surface area contributed by atoms with Gasteiger partial charge in [0.25, 0.3) is 0 Å². The molecule has 148 valence electrons. The van der Waals surface area contributed by atoms with Gasteiger partial charge in [-0.2, -0.15) is 0 Å². The minimum absolute atomic E-state index is 0.242. The van der Waals surface area contributed by atoms with Crippen LogP contribution >= 0.6 is 0 Å². The Morgan fingerprint density at radius 1 is 0.680 bits per heavy atom. The Hall–Kier alpha value is -0.660. The lowest BCUT2D eigenvalue weighted by Crippen LogP contribution is -2.18. The fraction of sp³-hybridized carbons (Fsp3) is 0.913. The second-order valence-corrected chi connectivity index (χ2v) is 8.52. The monoisotopic (exact) mass is 352 g/mol. The minimum Gasteiger partial charge on any atom is -0.303 e. The summed E-state index contributed by atoms with van der Waals surface area (Å²) in [5, 5.41) is 0. The number of hydrogen-bond donors (Lipinski definition) is 0. The molecule has 0 atom stereocenters. The van der Waals surface area contributed by atoms with Crippen molar-refractivity contribution in [2.75, 3.05) is 0 Å². The lowest BCUT2D eigenvalue weighted by atomic mass is 9.88. The molecule has 0 N–H and O–H groups in total. The molecule has 0 aliphatic rings. The molecule has 0 aromatic heterocycles. The van der Waals surface area contributed by atoms with Gasteiger partial charge in [-0.3, -0.25) is 4.79 Å². The highest BCUT2D eigenvalue weighted by atomic mass is 16.1. The maximum absolute atomic E-state index is 11.8. The van der Waals surface area contributed by atoms with Crippen molar-refractivity contribution < 1.29 is 9.59 Å². The van der Waals surface area contributed by atoms with Crippen LogP contribution in [0.2, 0.25) is 0 Å². The van der Waals surface area contributed by atoms with Gasteiger partial charge < -0.3 is 4.79 Å². The largest absolute Gasteiger partial charge is 0.303 e. The second kappa shape index (κ2) is 16.8. The molecule has 0 fully saturated rings. The lowest BCUT2D eigenvalue weighted by molar-refractivity contribution is -0.125. The van der Waals surface area contributed by atoms with Gasteiger partial charge in [0, 0.05) is 18.3 Å². The molecule has 0 saturated heterocycles. The second-order valence-electron chi connectivity index (χ2n) is 8.52. The van der Waals surface area contributed by atoms with Crippen LogP contribution in [0.15, 0.2) is 0 Å². The van der Waals surface area contributed by atoms with Gasteiger partial charge in [0.2, 0.25) is 0 Å². The van der Waals surface area contributed by atoms with E-state index in [2.05, 4.69) is 6.92 Å². The topological polar surface area (TPSA) is 34.1 Å². The van der Waals surface area contributed by atoms with Crippen molar-refractivity contribution in [1.29, 1.82) is 0 Å². The molecule has 2 nitrogen and oxygen atoms in total. The number of aldehydes is 1. The van der Waals surface area contributed by atoms with Crippen LogP contribution in [0.5, 0.6) is 0 Å². The number of Topliss-reactive ketones (excluding diaryl/α,β-unsaturated/α-hetero) is 1. The van der Waals surface area contributed by atoms with Crippen molar-refractivity contribution in [2.24, 2.45) is 5.41 Å². The highest BCUT2D eigenvalue weighted by Crippen LogP contribution is 2.19. The quantitative estimate of drug-likeness (QED) is 0.179. The Bertz CT molecular complexity index is 320. The molecule has 0 aliphatic carbocycles. The van der Waals surface area contributed by atoms with Crippen LogP contribution < -0.4 is 0 Å². The van der Waals surface area contributed by atoms with E-state index in [0.29, 0.717) is 12.8 Å². The number of carbonyl (C=O) groups excluding carboxylic acids is 2. The van der Waals surface area contributed by atoms with Crippen molar-refractivity contribution in [1.82, 2.24) is 0 Å². The first-order chi connectivity index (χ1) is 12.0. The maximum Gasteiger partial charge on any atom is 0.133 e. The Kier molecular flexibility index (Phi) is 16.3. The van der Waals surface area contributed by atoms with E-state index in [1.165, 1.54) is 83.5 Å². The van der Waals surface area contributed by atoms with Gasteiger partial charge in [-0.25, -0.2) is 0 Å². The van der Waals surface area contributed by atoms with E-state index in [4.69, 9.17) is 0 Å². The van der Waals surface area contributed by atoms with Gasteiger partial charge in [-0.05, 0) is 6.42 Å². The molecule has 0 unspecified atom stereocenters. The highest BCUT2D eigenvalue weighted by Gasteiger charge is 2.20. The summed E-state index contributed by atoms with van der Waals surface area (Å²) in [6, 6.07) is 0. The van der Waals surface area contributed by atoms with Gasteiger partial charge >= 0.3 is 0 Å². The van der Waals surface area contributed by atoms with Crippen LogP contribution in [-0.2, 0) is 9.59 Å². The third-order valence-corrected chi connectivity index (χ3v) is 5.03. The van der Waals surface area contributed by atoms with E-state index in [1.807, 2.05) is 13.8 Å². The SMILES string of the molecule is CCCCCCCCCCCCCCCCCC(=O)CC(C)(C)C=O. The molecule has 0 aromatic rings. The first-order valence-corrected chi connectivity index (χ1v) is 11.0. The van der Waals surface area contributed by atoms with Crippen molar-refractivity contribution in [3.05, 3.63) is 0 Å². The van der Waals surface area contributed by atoms with Crippen LogP contribution in [0, 0.1) is 5.41 Å². The smallest absolute Gasteiger partial charge is 0.133 e. The zero-order chi connectivity index (χ0) is 18.8. The number of unbranched alkanes of at least 4 members (excludes halogenated alkanes) is 14. The molecule has 25 heavy (non-hydrogen) atoms. The molecule has 0 bridgehead atoms. The summed E-state index contributed by atoms with van der Waals surface area (Å²) >= 11 is 0. The molecule has 0 spiro atoms. The summed E-state index contributed by atoms with van der Waals surface area (Å²) in [4.78, 5) is 22.6. The van der Waals surface area contributed by atoms with E-state index in [1.54, 1.807) is 0 Å². The van der Waals surface area contributed by atoms with E-state index in [-0.39, 0.29) is 5.78 Å². The summed E-state index contributed by atoms with van der Waals surface area (Å²) in [5.74, 6) is 0.242. The fourth-order valence-corrected chi connectivity index (χ4v) is 3.33. The van der Waals surface area contributed by atoms with Crippen molar-refractivity contribution in [3.63, 3.8) is 0 Å². The summed E-state index contributed by atoms with van der Waals surface area (Å²) in [6.07, 6.45) is 22.1. The fourth-order valence-electron chi connectivity index (χ4n) is 3.33. The number of ketones is 1. The van der Waals surface area contributed by atoms with E-state index >= 15 is 0 Å². The molecular weight excluding hydrogens is 308 g/mol. The summed E-state index contributed by atoms with van der Waals surface area (Å²) < 4.78 is 0. The van der Waals surface area contributed by atoms with Gasteiger partial charge in [-0.1, -0.05) is 111 Å². The van der Waals surface area contributed by atoms with Crippen LogP contribution in [0.25, 0.3) is 0 Å². The van der Waals surface area contributed by atoms with Crippen LogP contribution in [0.3, 0.4) is 0 Å². The predicted octanol–water partition coefficient (Wildman–Crippen LogP) is 7.43. The van der Waals surface area contributed by atoms with Crippen molar-refractivity contribution in [2.45, 2.75) is 130 Å². The van der Waals surface area contributed by atoms with Crippen LogP contribution in [0.4, 0.5) is 0 Å². The maximum atomic E-state index is 11.8. The number of carbonyl (C=O) groups is 2. The van der Waals surface area contributed by atoms with Gasteiger partial charge in [-0.15, -0.1) is 0 Å². The Morgan fingerprint density at radius 2 is 1.04 bits per heavy atom. The Labute approximate surface area is 157 Å². The van der Waals surface area contributed by atoms with Crippen molar-refractivity contribution >= 4 is 12.1 Å². The normalized spacial score (nSPS) is 11.6. The zero-order valence-corrected chi connectivity index (χ0v) is 17.4. The standard InChI is InChI=1S/C23H44O2/c1-4-5-6-7-8-9-10-11-12-13-14-15-16-17-18-19-22(25)20-23(2,3)21-24/h21H,4-20H2,1-3H3. The van der Waals surface area contributed by atoms with Crippen LogP contribution in [0.1, 0.15) is 130 Å². The third kappa shape index (κ3) is 17.9. The molecule has 0 heterocycles. The molecule has 0 rings (SSSR count). The van der Waals surface area contributed by atoms with Crippen LogP contribution in [-0.4, -0.2) is 12.1 Å². The molecular formula is C23H44O2. The molecule has 0 aliphatic heterocycles. The first-order valence-electron chi connectivity index (χ1n) is 11.0. The predicted molar refractivity (Wildman–Crippen MR) is 109 cm³/mol. The zero-order valence-electron chi connectivity index (χ0n) is 17.4. The average molecular weight is 353 g/mol. The highest BCUT2D eigenvalue weighted by molar-refractivity contribution is 5.82. The lowest BCUT2D eigenvalue weighted by Gasteiger charge is -2.14. The van der Waals surface area contributed by atoms with Gasteiger partial charge in [0.05, 0.1) is 0 Å². The van der Waals surface area contributed by atoms with Gasteiger partial charge in [0.15, 0.2) is 0 Å². The summed E-state index contributed by atoms with van der Waals surface area (Å²) in [6.45, 7) is 5.95. The molecule has 0 amide bonds. The Balaban J connectivity index is 3.21. The van der Waals surface area contributed by atoms with E-state index in [9.17, 15) is 9.59 Å². The number of hydrogen-bond acceptors (Lipinski definition) is 2. The van der Waals surface area contributed by atoms with E-state index < -0.39 is 5.41 Å². The number of rotatable bonds is 19.